The van der Waals surface area contributed by atoms with Crippen molar-refractivity contribution in [1.29, 1.82) is 0 Å². The predicted molar refractivity (Wildman–Crippen MR) is 283 cm³/mol. The maximum absolute atomic E-state index is 2.49. The minimum absolute atomic E-state index is 1.16. The van der Waals surface area contributed by atoms with Crippen molar-refractivity contribution in [2.45, 2.75) is 39.3 Å². The van der Waals surface area contributed by atoms with Crippen LogP contribution >= 0.6 is 0 Å². The number of benzene rings is 10. The third kappa shape index (κ3) is 6.04. The molecular weight excluding hydrogens is 805 g/mol. The van der Waals surface area contributed by atoms with Crippen molar-refractivity contribution in [3.8, 4) is 44.5 Å². The van der Waals surface area contributed by atoms with Gasteiger partial charge in [-0.15, -0.1) is 0 Å². The first-order valence-corrected chi connectivity index (χ1v) is 29.7. The average Bonchev–Trinajstić information content (AvgIpc) is 3.51. The van der Waals surface area contributed by atoms with Crippen LogP contribution in [0.2, 0.25) is 39.3 Å². The second-order valence-corrected chi connectivity index (χ2v) is 30.0. The van der Waals surface area contributed by atoms with Gasteiger partial charge >= 0.3 is 0 Å². The highest BCUT2D eigenvalue weighted by Crippen LogP contribution is 2.53. The molecule has 2 nitrogen and oxygen atoms in total. The van der Waals surface area contributed by atoms with Gasteiger partial charge in [-0.05, 0) is 103 Å². The summed E-state index contributed by atoms with van der Waals surface area (Å²) < 4.78 is 0. The molecule has 0 aliphatic carbocycles. The lowest BCUT2D eigenvalue weighted by Crippen LogP contribution is -2.37. The third-order valence-electron chi connectivity index (χ3n) is 13.8. The van der Waals surface area contributed by atoms with E-state index in [0.29, 0.717) is 0 Å². The zero-order chi connectivity index (χ0) is 43.5. The Morgan fingerprint density at radius 2 is 0.594 bits per heavy atom. The summed E-state index contributed by atoms with van der Waals surface area (Å²) in [5, 5.41) is 10.5. The molecule has 2 heterocycles. The van der Waals surface area contributed by atoms with E-state index in [-0.39, 0.29) is 0 Å². The molecule has 0 aromatic heterocycles. The van der Waals surface area contributed by atoms with Crippen molar-refractivity contribution < 1.29 is 0 Å². The molecule has 0 N–H and O–H groups in total. The second-order valence-electron chi connectivity index (χ2n) is 19.8. The van der Waals surface area contributed by atoms with Gasteiger partial charge in [0.1, 0.15) is 0 Å². The summed E-state index contributed by atoms with van der Waals surface area (Å²) in [5.74, 6) is 0. The minimum atomic E-state index is -1.58. The van der Waals surface area contributed by atoms with Crippen molar-refractivity contribution in [2.75, 3.05) is 9.80 Å². The van der Waals surface area contributed by atoms with Crippen LogP contribution in [-0.2, 0) is 0 Å². The van der Waals surface area contributed by atoms with Crippen LogP contribution in [0, 0.1) is 0 Å². The molecule has 0 amide bonds. The quantitative estimate of drug-likeness (QED) is 0.129. The molecule has 12 rings (SSSR count). The molecule has 10 aromatic rings. The van der Waals surface area contributed by atoms with Crippen molar-refractivity contribution in [1.82, 2.24) is 0 Å². The molecular formula is C60H50N2Si2. The molecule has 0 bridgehead atoms. The molecule has 0 saturated heterocycles. The predicted octanol–water partition coefficient (Wildman–Crippen LogP) is 16.5. The normalized spacial score (nSPS) is 13.1. The largest absolute Gasteiger partial charge is 0.309 e. The molecule has 0 fully saturated rings. The molecule has 0 atom stereocenters. The van der Waals surface area contributed by atoms with E-state index < -0.39 is 16.1 Å². The van der Waals surface area contributed by atoms with Gasteiger partial charge in [0.25, 0.3) is 0 Å². The molecule has 4 heteroatoms. The summed E-state index contributed by atoms with van der Waals surface area (Å²) >= 11 is 0. The van der Waals surface area contributed by atoms with Gasteiger partial charge < -0.3 is 9.80 Å². The highest BCUT2D eigenvalue weighted by Gasteiger charge is 2.30. The van der Waals surface area contributed by atoms with Crippen LogP contribution in [0.1, 0.15) is 0 Å². The van der Waals surface area contributed by atoms with Crippen LogP contribution < -0.4 is 20.2 Å². The number of fused-ring (bicyclic) bond motifs is 15. The van der Waals surface area contributed by atoms with Crippen molar-refractivity contribution in [3.63, 3.8) is 0 Å². The van der Waals surface area contributed by atoms with Crippen LogP contribution in [-0.4, -0.2) is 16.1 Å². The van der Waals surface area contributed by atoms with Gasteiger partial charge in [0, 0.05) is 33.6 Å². The van der Waals surface area contributed by atoms with Crippen LogP contribution in [0.5, 0.6) is 0 Å². The first-order chi connectivity index (χ1) is 31.0. The second kappa shape index (κ2) is 14.3. The first-order valence-electron chi connectivity index (χ1n) is 22.7. The number of hydrogen-bond donors (Lipinski definition) is 0. The van der Waals surface area contributed by atoms with E-state index in [1.54, 1.807) is 0 Å². The van der Waals surface area contributed by atoms with Gasteiger partial charge in [-0.25, -0.2) is 0 Å². The van der Waals surface area contributed by atoms with Crippen molar-refractivity contribution in [3.05, 3.63) is 194 Å². The van der Waals surface area contributed by atoms with E-state index in [1.807, 2.05) is 0 Å². The zero-order valence-corrected chi connectivity index (χ0v) is 39.4. The fourth-order valence-electron chi connectivity index (χ4n) is 10.5. The Morgan fingerprint density at radius 1 is 0.266 bits per heavy atom. The molecule has 308 valence electrons. The lowest BCUT2D eigenvalue weighted by molar-refractivity contribution is 1.30. The summed E-state index contributed by atoms with van der Waals surface area (Å²) in [6, 6.07) is 73.7. The van der Waals surface area contributed by atoms with Gasteiger partial charge in [-0.1, -0.05) is 195 Å². The first kappa shape index (κ1) is 38.7. The standard InChI is InChI=1S/C60H50N2Si2/c1-63(2,3)43-27-33-59-55(37-43)49-17-9-7-15-47(49)53-19-11-13-21-57(53)61(59)41-25-31-45-39(35-41)23-29-52-46-32-26-42(36-40(46)24-30-51(45)52)62-58-22-14-12-20-54(58)48-16-8-10-18-50(48)56-38-44(64(4,5)6)28-34-60(56)62/h7-38H,1-6H3. The molecule has 10 aromatic carbocycles. The summed E-state index contributed by atoms with van der Waals surface area (Å²) in [7, 11) is -3.15. The SMILES string of the molecule is C[Si](C)(C)c1ccc2c(c1)-c1ccccc1-c1ccccc1N2c1ccc2c(ccc3c4ccc(N5c6ccccc6-c6ccccc6-c6cc([Si](C)(C)C)ccc65)cc4ccc23)c1. The maximum atomic E-state index is 2.49. The topological polar surface area (TPSA) is 6.48 Å². The number of rotatable bonds is 4. The van der Waals surface area contributed by atoms with Crippen molar-refractivity contribution >= 4 is 93.0 Å². The highest BCUT2D eigenvalue weighted by atomic mass is 28.3. The summed E-state index contributed by atoms with van der Waals surface area (Å²) in [4.78, 5) is 4.99. The smallest absolute Gasteiger partial charge is 0.0776 e. The van der Waals surface area contributed by atoms with Crippen LogP contribution in [0.25, 0.3) is 76.8 Å². The van der Waals surface area contributed by atoms with E-state index in [1.165, 1.54) is 110 Å². The Hall–Kier alpha value is -6.99. The fourth-order valence-corrected chi connectivity index (χ4v) is 12.8. The number of nitrogens with zero attached hydrogens (tertiary/aromatic N) is 2. The molecule has 64 heavy (non-hydrogen) atoms. The molecule has 2 aliphatic rings. The van der Waals surface area contributed by atoms with Gasteiger partial charge in [-0.3, -0.25) is 0 Å². The van der Waals surface area contributed by atoms with E-state index in [0.717, 1.165) is 11.4 Å². The summed E-state index contributed by atoms with van der Waals surface area (Å²) in [5.41, 5.74) is 17.4. The fraction of sp³-hybridized carbons (Fsp3) is 0.100. The van der Waals surface area contributed by atoms with Gasteiger partial charge in [0.05, 0.1) is 38.9 Å². The van der Waals surface area contributed by atoms with Crippen LogP contribution in [0.4, 0.5) is 34.1 Å². The minimum Gasteiger partial charge on any atom is -0.309 e. The summed E-state index contributed by atoms with van der Waals surface area (Å²) in [6.07, 6.45) is 0. The maximum Gasteiger partial charge on any atom is 0.0776 e. The van der Waals surface area contributed by atoms with Crippen LogP contribution in [0.3, 0.4) is 0 Å². The monoisotopic (exact) mass is 854 g/mol. The molecule has 0 spiro atoms. The summed E-state index contributed by atoms with van der Waals surface area (Å²) in [6.45, 7) is 14.6. The Morgan fingerprint density at radius 3 is 0.984 bits per heavy atom. The van der Waals surface area contributed by atoms with Gasteiger partial charge in [0.15, 0.2) is 0 Å². The Kier molecular flexibility index (Phi) is 8.62. The lowest BCUT2D eigenvalue weighted by atomic mass is 9.95. The van der Waals surface area contributed by atoms with Gasteiger partial charge in [-0.2, -0.15) is 0 Å². The number of para-hydroxylation sites is 2. The van der Waals surface area contributed by atoms with Gasteiger partial charge in [0.2, 0.25) is 0 Å². The highest BCUT2D eigenvalue weighted by molar-refractivity contribution is 6.89. The zero-order valence-electron chi connectivity index (χ0n) is 37.4. The van der Waals surface area contributed by atoms with Crippen molar-refractivity contribution in [2.24, 2.45) is 0 Å². The Labute approximate surface area is 378 Å². The lowest BCUT2D eigenvalue weighted by Gasteiger charge is -2.29. The van der Waals surface area contributed by atoms with E-state index in [9.17, 15) is 0 Å². The molecule has 0 unspecified atom stereocenters. The van der Waals surface area contributed by atoms with E-state index >= 15 is 0 Å². The number of anilines is 6. The van der Waals surface area contributed by atoms with E-state index in [4.69, 9.17) is 0 Å². The van der Waals surface area contributed by atoms with Crippen LogP contribution in [0.15, 0.2) is 194 Å². The Balaban J connectivity index is 0.995. The number of hydrogen-bond acceptors (Lipinski definition) is 2. The average molecular weight is 855 g/mol. The third-order valence-corrected chi connectivity index (χ3v) is 17.9. The molecule has 2 aliphatic heterocycles. The molecule has 0 radical (unpaired) electrons. The van der Waals surface area contributed by atoms with E-state index in [2.05, 4.69) is 243 Å². The Bertz CT molecular complexity index is 3320. The molecule has 0 saturated carbocycles.